The molecule has 3 N–H and O–H groups in total. The van der Waals surface area contributed by atoms with E-state index < -0.39 is 17.3 Å². The Bertz CT molecular complexity index is 1620. The molecule has 2 amide bonds. The molecule has 12 heteroatoms. The molecule has 0 unspecified atom stereocenters. The SMILES string of the molecule is COc1cc(C(C)(C)c2[nH]c(SCc3c(F)cc(NC(=O)NCC[N+](C)(C)C)cc3Cl)nc2-c2ccc(F)cc2)ccc1Cl. The van der Waals surface area contributed by atoms with Crippen molar-refractivity contribution in [3.05, 3.63) is 93.1 Å². The lowest BCUT2D eigenvalue weighted by Gasteiger charge is -2.26. The van der Waals surface area contributed by atoms with Crippen molar-refractivity contribution in [3.63, 3.8) is 0 Å². The first kappa shape index (κ1) is 33.6. The van der Waals surface area contributed by atoms with E-state index in [4.69, 9.17) is 32.9 Å². The van der Waals surface area contributed by atoms with Crippen LogP contribution in [0.1, 0.15) is 30.7 Å². The molecule has 0 radical (unpaired) electrons. The quantitative estimate of drug-likeness (QED) is 0.112. The number of H-pyrrole nitrogens is 1. The first-order valence-corrected chi connectivity index (χ1v) is 15.6. The van der Waals surface area contributed by atoms with Gasteiger partial charge in [0.15, 0.2) is 5.16 Å². The van der Waals surface area contributed by atoms with Crippen LogP contribution in [0.4, 0.5) is 19.3 Å². The Labute approximate surface area is 270 Å². The zero-order valence-corrected chi connectivity index (χ0v) is 27.8. The lowest BCUT2D eigenvalue weighted by atomic mass is 9.79. The normalized spacial score (nSPS) is 11.9. The Kier molecular flexibility index (Phi) is 10.5. The second-order valence-electron chi connectivity index (χ2n) is 11.8. The monoisotopic (exact) mass is 662 g/mol. The van der Waals surface area contributed by atoms with E-state index in [0.29, 0.717) is 32.7 Å². The number of anilines is 1. The first-order valence-electron chi connectivity index (χ1n) is 13.8. The summed E-state index contributed by atoms with van der Waals surface area (Å²) >= 11 is 14.0. The van der Waals surface area contributed by atoms with Gasteiger partial charge in [-0.1, -0.05) is 54.9 Å². The van der Waals surface area contributed by atoms with Crippen molar-refractivity contribution < 1.29 is 22.8 Å². The highest BCUT2D eigenvalue weighted by Crippen LogP contribution is 2.41. The highest BCUT2D eigenvalue weighted by atomic mass is 35.5. The van der Waals surface area contributed by atoms with Crippen molar-refractivity contribution in [2.75, 3.05) is 46.7 Å². The minimum absolute atomic E-state index is 0.172. The number of rotatable bonds is 11. The van der Waals surface area contributed by atoms with E-state index in [9.17, 15) is 9.18 Å². The van der Waals surface area contributed by atoms with E-state index in [-0.39, 0.29) is 27.8 Å². The maximum Gasteiger partial charge on any atom is 0.319 e. The van der Waals surface area contributed by atoms with Gasteiger partial charge in [-0.25, -0.2) is 18.6 Å². The summed E-state index contributed by atoms with van der Waals surface area (Å²) in [6.07, 6.45) is 0. The fraction of sp³-hybridized carbons (Fsp3) is 0.312. The number of amides is 2. The number of benzene rings is 3. The summed E-state index contributed by atoms with van der Waals surface area (Å²) in [5, 5.41) is 6.60. The molecule has 0 aliphatic heterocycles. The van der Waals surface area contributed by atoms with Gasteiger partial charge >= 0.3 is 6.03 Å². The fourth-order valence-electron chi connectivity index (χ4n) is 4.52. The van der Waals surface area contributed by atoms with Crippen LogP contribution >= 0.6 is 35.0 Å². The summed E-state index contributed by atoms with van der Waals surface area (Å²) in [5.74, 6) is -0.192. The fourth-order valence-corrected chi connectivity index (χ4v) is 5.97. The Hall–Kier alpha value is -3.31. The largest absolute Gasteiger partial charge is 0.495 e. The van der Waals surface area contributed by atoms with Gasteiger partial charge in [0.25, 0.3) is 0 Å². The van der Waals surface area contributed by atoms with Gasteiger partial charge in [0.1, 0.15) is 17.4 Å². The number of imidazole rings is 1. The maximum absolute atomic E-state index is 15.2. The highest BCUT2D eigenvalue weighted by molar-refractivity contribution is 7.98. The third-order valence-corrected chi connectivity index (χ3v) is 8.67. The molecule has 1 aromatic heterocycles. The summed E-state index contributed by atoms with van der Waals surface area (Å²) in [6.45, 7) is 5.27. The van der Waals surface area contributed by atoms with Crippen LogP contribution in [0, 0.1) is 11.6 Å². The molecule has 234 valence electrons. The number of halogens is 4. The Morgan fingerprint density at radius 3 is 2.39 bits per heavy atom. The van der Waals surface area contributed by atoms with Crippen molar-refractivity contribution in [1.82, 2.24) is 15.3 Å². The molecule has 0 saturated carbocycles. The van der Waals surface area contributed by atoms with Crippen molar-refractivity contribution in [3.8, 4) is 17.0 Å². The minimum atomic E-state index is -0.601. The van der Waals surface area contributed by atoms with Gasteiger partial charge < -0.3 is 24.8 Å². The van der Waals surface area contributed by atoms with Gasteiger partial charge in [0, 0.05) is 33.0 Å². The Morgan fingerprint density at radius 2 is 1.75 bits per heavy atom. The molecule has 1 heterocycles. The molecule has 4 rings (SSSR count). The molecule has 7 nitrogen and oxygen atoms in total. The minimum Gasteiger partial charge on any atom is -0.495 e. The summed E-state index contributed by atoms with van der Waals surface area (Å²) < 4.78 is 35.1. The molecular weight excluding hydrogens is 627 g/mol. The van der Waals surface area contributed by atoms with Crippen molar-refractivity contribution in [1.29, 1.82) is 0 Å². The lowest BCUT2D eigenvalue weighted by Crippen LogP contribution is -2.42. The number of thioether (sulfide) groups is 1. The lowest BCUT2D eigenvalue weighted by molar-refractivity contribution is -0.869. The summed E-state index contributed by atoms with van der Waals surface area (Å²) in [6, 6.07) is 14.0. The van der Waals surface area contributed by atoms with Gasteiger partial charge in [-0.15, -0.1) is 0 Å². The summed E-state index contributed by atoms with van der Waals surface area (Å²) in [5.41, 5.74) is 2.97. The third kappa shape index (κ3) is 8.24. The molecule has 3 aromatic carbocycles. The Balaban J connectivity index is 1.58. The number of aromatic nitrogens is 2. The average molecular weight is 664 g/mol. The van der Waals surface area contributed by atoms with Crippen LogP contribution in [-0.2, 0) is 11.2 Å². The number of nitrogens with zero attached hydrogens (tertiary/aromatic N) is 2. The van der Waals surface area contributed by atoms with Crippen LogP contribution in [0.3, 0.4) is 0 Å². The van der Waals surface area contributed by atoms with Crippen LogP contribution in [0.15, 0.2) is 59.8 Å². The number of hydrogen-bond donors (Lipinski definition) is 3. The number of carbonyl (C=O) groups is 1. The van der Waals surface area contributed by atoms with Crippen molar-refractivity contribution >= 4 is 46.7 Å². The molecule has 0 fully saturated rings. The third-order valence-electron chi connectivity index (χ3n) is 7.12. The van der Waals surface area contributed by atoms with Gasteiger partial charge in [-0.05, 0) is 54.1 Å². The van der Waals surface area contributed by atoms with E-state index in [1.54, 1.807) is 25.3 Å². The topological polar surface area (TPSA) is 79.0 Å². The number of carbonyl (C=O) groups excluding carboxylic acids is 1. The molecule has 44 heavy (non-hydrogen) atoms. The molecule has 0 spiro atoms. The van der Waals surface area contributed by atoms with Gasteiger partial charge in [0.05, 0.1) is 57.8 Å². The zero-order valence-electron chi connectivity index (χ0n) is 25.4. The van der Waals surface area contributed by atoms with Crippen molar-refractivity contribution in [2.24, 2.45) is 0 Å². The zero-order chi connectivity index (χ0) is 32.2. The maximum atomic E-state index is 15.2. The number of likely N-dealkylation sites (N-methyl/N-ethyl adjacent to an activating group) is 1. The predicted molar refractivity (Wildman–Crippen MR) is 175 cm³/mol. The van der Waals surface area contributed by atoms with Gasteiger partial charge in [-0.3, -0.25) is 0 Å². The molecule has 0 aliphatic carbocycles. The molecule has 0 aliphatic rings. The number of urea groups is 1. The van der Waals surface area contributed by atoms with Crippen molar-refractivity contribution in [2.45, 2.75) is 30.2 Å². The van der Waals surface area contributed by atoms with E-state index in [0.717, 1.165) is 23.4 Å². The number of aromatic amines is 1. The molecule has 0 saturated heterocycles. The van der Waals surface area contributed by atoms with E-state index in [2.05, 4.69) is 15.6 Å². The average Bonchev–Trinajstić information content (AvgIpc) is 3.37. The van der Waals surface area contributed by atoms with Crippen LogP contribution in [-0.4, -0.2) is 61.8 Å². The van der Waals surface area contributed by atoms with Crippen LogP contribution in [0.25, 0.3) is 11.3 Å². The molecule has 0 atom stereocenters. The highest BCUT2D eigenvalue weighted by Gasteiger charge is 2.31. The standard InChI is InChI=1S/C32H35Cl2F2N5O2S/c1-32(2,20-9-12-24(33)27(15-20)43-6)29-28(19-7-10-21(35)11-8-19)39-31(40-29)44-18-23-25(34)16-22(17-26(23)36)38-30(42)37-13-14-41(3,4)5/h7-12,15-17H,13-14,18H2,1-6H3,(H2-,37,38,39,40,42)/p+1. The van der Waals surface area contributed by atoms with Crippen LogP contribution in [0.2, 0.25) is 10.0 Å². The predicted octanol–water partition coefficient (Wildman–Crippen LogP) is 8.12. The second kappa shape index (κ2) is 13.8. The summed E-state index contributed by atoms with van der Waals surface area (Å²) in [4.78, 5) is 20.5. The van der Waals surface area contributed by atoms with Gasteiger partial charge in [0.2, 0.25) is 0 Å². The number of ether oxygens (including phenoxy) is 1. The smallest absolute Gasteiger partial charge is 0.319 e. The number of methoxy groups -OCH3 is 1. The van der Waals surface area contributed by atoms with E-state index in [1.807, 2.05) is 47.1 Å². The van der Waals surface area contributed by atoms with E-state index in [1.165, 1.54) is 36.0 Å². The Morgan fingerprint density at radius 1 is 1.05 bits per heavy atom. The number of nitrogens with one attached hydrogen (secondary N) is 3. The number of quaternary nitrogens is 1. The van der Waals surface area contributed by atoms with Crippen LogP contribution in [0.5, 0.6) is 5.75 Å². The van der Waals surface area contributed by atoms with Gasteiger partial charge in [-0.2, -0.15) is 0 Å². The molecule has 0 bridgehead atoms. The first-order chi connectivity index (χ1) is 20.7. The van der Waals surface area contributed by atoms with Crippen LogP contribution < -0.4 is 15.4 Å². The second-order valence-corrected chi connectivity index (χ2v) is 13.6. The number of hydrogen-bond acceptors (Lipinski definition) is 4. The molecule has 4 aromatic rings. The summed E-state index contributed by atoms with van der Waals surface area (Å²) in [7, 11) is 7.63. The van der Waals surface area contributed by atoms with E-state index >= 15 is 4.39 Å². The molecular formula is C32H36Cl2F2N5O2S+.